The van der Waals surface area contributed by atoms with Gasteiger partial charge < -0.3 is 10.4 Å². The van der Waals surface area contributed by atoms with E-state index in [1.807, 2.05) is 6.92 Å². The van der Waals surface area contributed by atoms with Crippen molar-refractivity contribution in [3.05, 3.63) is 10.5 Å². The highest BCUT2D eigenvalue weighted by Crippen LogP contribution is 2.18. The van der Waals surface area contributed by atoms with Gasteiger partial charge in [0, 0.05) is 12.8 Å². The lowest BCUT2D eigenvalue weighted by Crippen LogP contribution is -2.49. The molecule has 0 amide bonds. The fraction of sp³-hybridized carbons (Fsp3) is 0.727. The molecular weight excluding hydrogens is 268 g/mol. The van der Waals surface area contributed by atoms with E-state index in [9.17, 15) is 14.7 Å². The van der Waals surface area contributed by atoms with Crippen LogP contribution in [-0.4, -0.2) is 43.7 Å². The molecule has 0 aliphatic rings. The molecule has 0 saturated carbocycles. The standard InChI is InChI=1S/C11H20N4O3S/c1-4-12-11(2,8(16)17)6-5-7-19-10-14-13-9(18)15(10)3/h12H,4-7H2,1-3H3,(H,13,18)(H,16,17). The van der Waals surface area contributed by atoms with Gasteiger partial charge in [0.25, 0.3) is 0 Å². The molecule has 0 aliphatic carbocycles. The van der Waals surface area contributed by atoms with Crippen molar-refractivity contribution in [2.75, 3.05) is 12.3 Å². The maximum Gasteiger partial charge on any atom is 0.343 e. The first-order chi connectivity index (χ1) is 8.90. The van der Waals surface area contributed by atoms with E-state index in [1.54, 1.807) is 14.0 Å². The Bertz CT molecular complexity index is 485. The average molecular weight is 288 g/mol. The van der Waals surface area contributed by atoms with E-state index in [1.165, 1.54) is 16.3 Å². The summed E-state index contributed by atoms with van der Waals surface area (Å²) in [5, 5.41) is 19.0. The summed E-state index contributed by atoms with van der Waals surface area (Å²) in [5.41, 5.74) is -1.14. The van der Waals surface area contributed by atoms with Crippen LogP contribution >= 0.6 is 11.8 Å². The number of aliphatic carboxylic acids is 1. The normalized spacial score (nSPS) is 14.3. The Morgan fingerprint density at radius 2 is 2.32 bits per heavy atom. The predicted molar refractivity (Wildman–Crippen MR) is 73.5 cm³/mol. The molecule has 0 aromatic carbocycles. The number of rotatable bonds is 8. The molecule has 1 rings (SSSR count). The van der Waals surface area contributed by atoms with Crippen molar-refractivity contribution in [3.8, 4) is 0 Å². The Morgan fingerprint density at radius 1 is 1.63 bits per heavy atom. The van der Waals surface area contributed by atoms with Crippen LogP contribution in [0.2, 0.25) is 0 Å². The average Bonchev–Trinajstić information content (AvgIpc) is 2.66. The molecule has 0 saturated heterocycles. The van der Waals surface area contributed by atoms with Crippen LogP contribution in [0, 0.1) is 0 Å². The molecule has 0 fully saturated rings. The number of carboxylic acid groups (broad SMARTS) is 1. The molecule has 0 bridgehead atoms. The zero-order chi connectivity index (χ0) is 14.5. The van der Waals surface area contributed by atoms with Crippen molar-refractivity contribution >= 4 is 17.7 Å². The minimum absolute atomic E-state index is 0.245. The number of thioether (sulfide) groups is 1. The molecular formula is C11H20N4O3S. The van der Waals surface area contributed by atoms with Crippen LogP contribution in [0.4, 0.5) is 0 Å². The zero-order valence-corrected chi connectivity index (χ0v) is 12.2. The Labute approximate surface area is 115 Å². The molecule has 0 spiro atoms. The summed E-state index contributed by atoms with van der Waals surface area (Å²) < 4.78 is 1.44. The molecule has 1 heterocycles. The van der Waals surface area contributed by atoms with Crippen molar-refractivity contribution in [2.45, 2.75) is 37.4 Å². The van der Waals surface area contributed by atoms with Crippen LogP contribution in [0.15, 0.2) is 9.95 Å². The van der Waals surface area contributed by atoms with Gasteiger partial charge >= 0.3 is 11.7 Å². The van der Waals surface area contributed by atoms with E-state index in [2.05, 4.69) is 15.5 Å². The van der Waals surface area contributed by atoms with E-state index in [4.69, 9.17) is 0 Å². The van der Waals surface area contributed by atoms with Crippen LogP contribution in [0.25, 0.3) is 0 Å². The summed E-state index contributed by atoms with van der Waals surface area (Å²) in [6.45, 7) is 4.19. The third kappa shape index (κ3) is 4.10. The minimum atomic E-state index is -0.896. The second-order valence-electron chi connectivity index (χ2n) is 4.49. The second-order valence-corrected chi connectivity index (χ2v) is 5.55. The van der Waals surface area contributed by atoms with Crippen LogP contribution in [0.3, 0.4) is 0 Å². The SMILES string of the molecule is CCNC(C)(CCCSc1n[nH]c(=O)n1C)C(=O)O. The molecule has 19 heavy (non-hydrogen) atoms. The van der Waals surface area contributed by atoms with Crippen molar-refractivity contribution < 1.29 is 9.90 Å². The van der Waals surface area contributed by atoms with Crippen molar-refractivity contribution in [3.63, 3.8) is 0 Å². The number of likely N-dealkylation sites (N-methyl/N-ethyl adjacent to an activating group) is 1. The third-order valence-corrected chi connectivity index (χ3v) is 4.05. The highest BCUT2D eigenvalue weighted by Gasteiger charge is 2.31. The van der Waals surface area contributed by atoms with E-state index in [-0.39, 0.29) is 5.69 Å². The predicted octanol–water partition coefficient (Wildman–Crippen LogP) is 0.433. The lowest BCUT2D eigenvalue weighted by molar-refractivity contribution is -0.144. The molecule has 1 aromatic rings. The Balaban J connectivity index is 2.43. The van der Waals surface area contributed by atoms with Crippen LogP contribution in [0.1, 0.15) is 26.7 Å². The van der Waals surface area contributed by atoms with Crippen LogP contribution in [-0.2, 0) is 11.8 Å². The van der Waals surface area contributed by atoms with Gasteiger partial charge in [-0.15, -0.1) is 5.10 Å². The third-order valence-electron chi connectivity index (χ3n) is 2.93. The van der Waals surface area contributed by atoms with Gasteiger partial charge in [-0.05, 0) is 26.3 Å². The molecule has 1 aromatic heterocycles. The molecule has 0 aliphatic heterocycles. The van der Waals surface area contributed by atoms with Gasteiger partial charge in [0.05, 0.1) is 0 Å². The monoisotopic (exact) mass is 288 g/mol. The molecule has 1 atom stereocenters. The lowest BCUT2D eigenvalue weighted by atomic mass is 9.96. The van der Waals surface area contributed by atoms with Gasteiger partial charge in [0.15, 0.2) is 5.16 Å². The molecule has 108 valence electrons. The fourth-order valence-corrected chi connectivity index (χ4v) is 2.57. The van der Waals surface area contributed by atoms with Gasteiger partial charge in [0.2, 0.25) is 0 Å². The first kappa shape index (κ1) is 15.8. The number of carboxylic acids is 1. The van der Waals surface area contributed by atoms with Gasteiger partial charge in [0.1, 0.15) is 5.54 Å². The van der Waals surface area contributed by atoms with E-state index >= 15 is 0 Å². The number of H-pyrrole nitrogens is 1. The first-order valence-corrected chi connectivity index (χ1v) is 7.12. The maximum absolute atomic E-state index is 11.2. The summed E-state index contributed by atoms with van der Waals surface area (Å²) in [5.74, 6) is -0.127. The summed E-state index contributed by atoms with van der Waals surface area (Å²) in [4.78, 5) is 22.4. The smallest absolute Gasteiger partial charge is 0.343 e. The quantitative estimate of drug-likeness (QED) is 0.474. The molecule has 1 unspecified atom stereocenters. The van der Waals surface area contributed by atoms with Gasteiger partial charge in [-0.25, -0.2) is 9.89 Å². The van der Waals surface area contributed by atoms with Gasteiger partial charge in [-0.3, -0.25) is 9.36 Å². The summed E-state index contributed by atoms with van der Waals surface area (Å²) in [7, 11) is 1.65. The first-order valence-electron chi connectivity index (χ1n) is 6.13. The molecule has 8 heteroatoms. The number of hydrogen-bond acceptors (Lipinski definition) is 5. The summed E-state index contributed by atoms with van der Waals surface area (Å²) >= 11 is 1.44. The Morgan fingerprint density at radius 3 is 2.79 bits per heavy atom. The van der Waals surface area contributed by atoms with Gasteiger partial charge in [-0.2, -0.15) is 0 Å². The number of aromatic amines is 1. The highest BCUT2D eigenvalue weighted by atomic mass is 32.2. The minimum Gasteiger partial charge on any atom is -0.480 e. The van der Waals surface area contributed by atoms with Crippen LogP contribution in [0.5, 0.6) is 0 Å². The van der Waals surface area contributed by atoms with E-state index < -0.39 is 11.5 Å². The van der Waals surface area contributed by atoms with E-state index in [0.29, 0.717) is 23.9 Å². The van der Waals surface area contributed by atoms with Crippen LogP contribution < -0.4 is 11.0 Å². The molecule has 3 N–H and O–H groups in total. The number of aromatic nitrogens is 3. The van der Waals surface area contributed by atoms with Gasteiger partial charge in [-0.1, -0.05) is 18.7 Å². The topological polar surface area (TPSA) is 100 Å². The van der Waals surface area contributed by atoms with Crippen molar-refractivity contribution in [1.29, 1.82) is 0 Å². The number of nitrogens with zero attached hydrogens (tertiary/aromatic N) is 2. The number of hydrogen-bond donors (Lipinski definition) is 3. The van der Waals surface area contributed by atoms with E-state index in [0.717, 1.165) is 6.42 Å². The summed E-state index contributed by atoms with van der Waals surface area (Å²) in [6.07, 6.45) is 1.25. The molecule has 7 nitrogen and oxygen atoms in total. The highest BCUT2D eigenvalue weighted by molar-refractivity contribution is 7.99. The number of nitrogens with one attached hydrogen (secondary N) is 2. The van der Waals surface area contributed by atoms with Crippen molar-refractivity contribution in [1.82, 2.24) is 20.1 Å². The number of carbonyl (C=O) groups is 1. The maximum atomic E-state index is 11.2. The Kier molecular flexibility index (Phi) is 5.61. The zero-order valence-electron chi connectivity index (χ0n) is 11.4. The Hall–Kier alpha value is -1.28. The lowest BCUT2D eigenvalue weighted by Gasteiger charge is -2.25. The summed E-state index contributed by atoms with van der Waals surface area (Å²) in [6, 6.07) is 0. The van der Waals surface area contributed by atoms with Crippen molar-refractivity contribution in [2.24, 2.45) is 7.05 Å². The fourth-order valence-electron chi connectivity index (χ4n) is 1.71. The largest absolute Gasteiger partial charge is 0.480 e. The second kappa shape index (κ2) is 6.76. The molecule has 0 radical (unpaired) electrons.